The van der Waals surface area contributed by atoms with Crippen molar-refractivity contribution in [3.63, 3.8) is 0 Å². The predicted molar refractivity (Wildman–Crippen MR) is 46.3 cm³/mol. The third-order valence-electron chi connectivity index (χ3n) is 1.31. The molecule has 0 atom stereocenters. The monoisotopic (exact) mass is 165 g/mol. The summed E-state index contributed by atoms with van der Waals surface area (Å²) in [5, 5.41) is 11.3. The van der Waals surface area contributed by atoms with Crippen molar-refractivity contribution in [2.24, 2.45) is 5.16 Å². The summed E-state index contributed by atoms with van der Waals surface area (Å²) >= 11 is 0. The van der Waals surface area contributed by atoms with Gasteiger partial charge in [0, 0.05) is 0 Å². The quantitative estimate of drug-likeness (QED) is 0.296. The van der Waals surface area contributed by atoms with Crippen LogP contribution in [0.3, 0.4) is 0 Å². The van der Waals surface area contributed by atoms with Crippen LogP contribution in [0.4, 0.5) is 0 Å². The van der Waals surface area contributed by atoms with E-state index in [0.717, 1.165) is 18.6 Å². The average molecular weight is 166 g/mol. The second-order valence-electron chi connectivity index (χ2n) is 2.29. The van der Waals surface area contributed by atoms with Crippen LogP contribution in [-0.2, 0) is 0 Å². The molecule has 0 heterocycles. The van der Waals surface area contributed by atoms with Crippen molar-refractivity contribution >= 4 is 18.1 Å². The van der Waals surface area contributed by atoms with Gasteiger partial charge >= 0.3 is 0 Å². The normalized spacial score (nSPS) is 10.8. The van der Waals surface area contributed by atoms with Gasteiger partial charge in [0.1, 0.15) is 0 Å². The molecule has 0 aromatic heterocycles. The van der Waals surface area contributed by atoms with Gasteiger partial charge in [0.25, 0.3) is 0 Å². The number of nitrogens with zero attached hydrogens (tertiary/aromatic N) is 1. The molecule has 0 saturated carbocycles. The van der Waals surface area contributed by atoms with E-state index in [4.69, 9.17) is 5.21 Å². The number of hydrogen-bond acceptors (Lipinski definition) is 2. The standard InChI is InChI=1S/C7H15NO.ClH/c1-3-4-5-6-7(2)8-9;/h9H,3-6H2,1-2H3;1H/b8-7-;. The third-order valence-corrected chi connectivity index (χ3v) is 1.31. The number of oxime groups is 1. The third kappa shape index (κ3) is 7.76. The van der Waals surface area contributed by atoms with Crippen molar-refractivity contribution in [2.75, 3.05) is 0 Å². The van der Waals surface area contributed by atoms with Crippen LogP contribution in [0.25, 0.3) is 0 Å². The van der Waals surface area contributed by atoms with Gasteiger partial charge in [-0.2, -0.15) is 0 Å². The summed E-state index contributed by atoms with van der Waals surface area (Å²) in [5.74, 6) is 0. The number of unbranched alkanes of at least 4 members (excludes halogenated alkanes) is 2. The first-order chi connectivity index (χ1) is 4.31. The topological polar surface area (TPSA) is 32.6 Å². The highest BCUT2D eigenvalue weighted by molar-refractivity contribution is 5.85. The predicted octanol–water partition coefficient (Wildman–Crippen LogP) is 2.84. The van der Waals surface area contributed by atoms with E-state index >= 15 is 0 Å². The lowest BCUT2D eigenvalue weighted by molar-refractivity contribution is 0.317. The summed E-state index contributed by atoms with van der Waals surface area (Å²) in [7, 11) is 0. The molecule has 0 radical (unpaired) electrons. The molecule has 0 aromatic rings. The molecule has 0 bridgehead atoms. The summed E-state index contributed by atoms with van der Waals surface area (Å²) in [4.78, 5) is 0. The Morgan fingerprint density at radius 2 is 2.00 bits per heavy atom. The molecule has 0 saturated heterocycles. The Morgan fingerprint density at radius 3 is 2.40 bits per heavy atom. The van der Waals surface area contributed by atoms with Crippen molar-refractivity contribution in [2.45, 2.75) is 39.5 Å². The second kappa shape index (κ2) is 8.76. The molecule has 0 aliphatic rings. The summed E-state index contributed by atoms with van der Waals surface area (Å²) in [6.45, 7) is 4.00. The van der Waals surface area contributed by atoms with Crippen LogP contribution in [0, 0.1) is 0 Å². The zero-order valence-electron chi connectivity index (χ0n) is 6.63. The Labute approximate surface area is 68.7 Å². The Kier molecular flexibility index (Phi) is 10.9. The van der Waals surface area contributed by atoms with Crippen molar-refractivity contribution < 1.29 is 5.21 Å². The van der Waals surface area contributed by atoms with Crippen LogP contribution in [-0.4, -0.2) is 10.9 Å². The first kappa shape index (κ1) is 12.4. The molecule has 0 rings (SSSR count). The highest BCUT2D eigenvalue weighted by Crippen LogP contribution is 1.99. The lowest BCUT2D eigenvalue weighted by Crippen LogP contribution is -1.89. The molecule has 2 nitrogen and oxygen atoms in total. The van der Waals surface area contributed by atoms with Crippen LogP contribution in [0.1, 0.15) is 39.5 Å². The van der Waals surface area contributed by atoms with Crippen LogP contribution >= 0.6 is 12.4 Å². The van der Waals surface area contributed by atoms with E-state index in [2.05, 4.69) is 12.1 Å². The Bertz CT molecular complexity index is 93.6. The van der Waals surface area contributed by atoms with Crippen molar-refractivity contribution in [3.8, 4) is 0 Å². The van der Waals surface area contributed by atoms with Gasteiger partial charge in [-0.15, -0.1) is 12.4 Å². The second-order valence-corrected chi connectivity index (χ2v) is 2.29. The van der Waals surface area contributed by atoms with Gasteiger partial charge < -0.3 is 5.21 Å². The van der Waals surface area contributed by atoms with Crippen molar-refractivity contribution in [1.29, 1.82) is 0 Å². The average Bonchev–Trinajstić information content (AvgIpc) is 1.89. The van der Waals surface area contributed by atoms with Gasteiger partial charge in [0.05, 0.1) is 5.71 Å². The molecule has 0 aliphatic heterocycles. The fourth-order valence-electron chi connectivity index (χ4n) is 0.681. The first-order valence-electron chi connectivity index (χ1n) is 3.48. The van der Waals surface area contributed by atoms with E-state index in [9.17, 15) is 0 Å². The van der Waals surface area contributed by atoms with Crippen molar-refractivity contribution in [3.05, 3.63) is 0 Å². The highest BCUT2D eigenvalue weighted by Gasteiger charge is 1.89. The van der Waals surface area contributed by atoms with Crippen LogP contribution < -0.4 is 0 Å². The number of hydrogen-bond donors (Lipinski definition) is 1. The van der Waals surface area contributed by atoms with E-state index in [1.54, 1.807) is 0 Å². The van der Waals surface area contributed by atoms with Gasteiger partial charge in [-0.1, -0.05) is 24.9 Å². The summed E-state index contributed by atoms with van der Waals surface area (Å²) in [6, 6.07) is 0. The fraction of sp³-hybridized carbons (Fsp3) is 0.857. The first-order valence-corrected chi connectivity index (χ1v) is 3.48. The largest absolute Gasteiger partial charge is 0.411 e. The molecule has 0 fully saturated rings. The van der Waals surface area contributed by atoms with E-state index < -0.39 is 0 Å². The molecule has 1 N–H and O–H groups in total. The van der Waals surface area contributed by atoms with E-state index in [-0.39, 0.29) is 12.4 Å². The zero-order valence-corrected chi connectivity index (χ0v) is 7.45. The molecular weight excluding hydrogens is 150 g/mol. The highest BCUT2D eigenvalue weighted by atomic mass is 35.5. The molecule has 0 aromatic carbocycles. The minimum absolute atomic E-state index is 0. The van der Waals surface area contributed by atoms with Gasteiger partial charge in [0.2, 0.25) is 0 Å². The Hall–Kier alpha value is -0.240. The van der Waals surface area contributed by atoms with Crippen LogP contribution in [0.2, 0.25) is 0 Å². The smallest absolute Gasteiger partial charge is 0.0540 e. The van der Waals surface area contributed by atoms with Gasteiger partial charge in [-0.3, -0.25) is 0 Å². The molecular formula is C7H16ClNO. The summed E-state index contributed by atoms with van der Waals surface area (Å²) < 4.78 is 0. The van der Waals surface area contributed by atoms with Gasteiger partial charge in [0.15, 0.2) is 0 Å². The van der Waals surface area contributed by atoms with E-state index in [0.29, 0.717) is 0 Å². The zero-order chi connectivity index (χ0) is 7.11. The summed E-state index contributed by atoms with van der Waals surface area (Å²) in [6.07, 6.45) is 4.53. The minimum Gasteiger partial charge on any atom is -0.411 e. The van der Waals surface area contributed by atoms with Gasteiger partial charge in [-0.05, 0) is 19.8 Å². The molecule has 0 amide bonds. The lowest BCUT2D eigenvalue weighted by atomic mass is 10.1. The Balaban J connectivity index is 0. The maximum Gasteiger partial charge on any atom is 0.0540 e. The van der Waals surface area contributed by atoms with E-state index in [1.807, 2.05) is 6.92 Å². The Morgan fingerprint density at radius 1 is 1.40 bits per heavy atom. The van der Waals surface area contributed by atoms with E-state index in [1.165, 1.54) is 12.8 Å². The van der Waals surface area contributed by atoms with Gasteiger partial charge in [-0.25, -0.2) is 0 Å². The maximum atomic E-state index is 8.22. The summed E-state index contributed by atoms with van der Waals surface area (Å²) in [5.41, 5.74) is 0.837. The molecule has 10 heavy (non-hydrogen) atoms. The molecule has 62 valence electrons. The van der Waals surface area contributed by atoms with Crippen LogP contribution in [0.5, 0.6) is 0 Å². The molecule has 0 aliphatic carbocycles. The lowest BCUT2D eigenvalue weighted by Gasteiger charge is -1.94. The SMILES string of the molecule is CCCCC/C(C)=N\O.Cl. The molecule has 0 unspecified atom stereocenters. The fourth-order valence-corrected chi connectivity index (χ4v) is 0.681. The molecule has 0 spiro atoms. The maximum absolute atomic E-state index is 8.22. The number of rotatable bonds is 4. The minimum atomic E-state index is 0. The van der Waals surface area contributed by atoms with Crippen LogP contribution in [0.15, 0.2) is 5.16 Å². The number of halogens is 1. The molecule has 3 heteroatoms. The van der Waals surface area contributed by atoms with Crippen molar-refractivity contribution in [1.82, 2.24) is 0 Å².